The summed E-state index contributed by atoms with van der Waals surface area (Å²) in [7, 11) is 1.95. The predicted molar refractivity (Wildman–Crippen MR) is 105 cm³/mol. The van der Waals surface area contributed by atoms with Crippen LogP contribution in [0.5, 0.6) is 0 Å². The zero-order chi connectivity index (χ0) is 15.4. The van der Waals surface area contributed by atoms with E-state index in [4.69, 9.17) is 9.97 Å². The second kappa shape index (κ2) is 8.24. The zero-order valence-electron chi connectivity index (χ0n) is 13.1. The minimum absolute atomic E-state index is 0.434. The predicted octanol–water partition coefficient (Wildman–Crippen LogP) is 4.62. The summed E-state index contributed by atoms with van der Waals surface area (Å²) in [5.41, 5.74) is 1.20. The van der Waals surface area contributed by atoms with Crippen molar-refractivity contribution >= 4 is 51.9 Å². The van der Waals surface area contributed by atoms with Crippen LogP contribution in [0.15, 0.2) is 0 Å². The minimum Gasteiger partial charge on any atom is -0.372 e. The maximum Gasteiger partial charge on any atom is 0.145 e. The number of thioether (sulfide) groups is 2. The molecule has 2 rings (SSSR count). The van der Waals surface area contributed by atoms with Crippen LogP contribution in [0.2, 0.25) is 0 Å². The Morgan fingerprint density at radius 1 is 1.29 bits per heavy atom. The molecule has 0 radical (unpaired) electrons. The lowest BCUT2D eigenvalue weighted by atomic mass is 10.1. The van der Waals surface area contributed by atoms with Crippen molar-refractivity contribution in [3.63, 3.8) is 0 Å². The van der Waals surface area contributed by atoms with Crippen LogP contribution >= 0.6 is 46.1 Å². The quantitative estimate of drug-likeness (QED) is 0.681. The highest BCUT2D eigenvalue weighted by atomic mass is 127. The number of nitrogens with zero attached hydrogens (tertiary/aromatic N) is 2. The fourth-order valence-electron chi connectivity index (χ4n) is 2.47. The van der Waals surface area contributed by atoms with Crippen LogP contribution in [0, 0.1) is 9.49 Å². The third-order valence-electron chi connectivity index (χ3n) is 3.48. The van der Waals surface area contributed by atoms with Crippen LogP contribution in [0.4, 0.5) is 5.82 Å². The molecular formula is C15H24IN3S2. The number of anilines is 1. The van der Waals surface area contributed by atoms with Gasteiger partial charge in [0.1, 0.15) is 11.6 Å². The van der Waals surface area contributed by atoms with E-state index in [1.165, 1.54) is 27.2 Å². The Morgan fingerprint density at radius 2 is 2.00 bits per heavy atom. The van der Waals surface area contributed by atoms with Crippen molar-refractivity contribution in [2.45, 2.75) is 44.1 Å². The van der Waals surface area contributed by atoms with Gasteiger partial charge in [-0.15, -0.1) is 11.8 Å². The summed E-state index contributed by atoms with van der Waals surface area (Å²) in [6.07, 6.45) is 2.20. The molecule has 118 valence electrons. The molecule has 1 aliphatic heterocycles. The molecule has 1 aromatic heterocycles. The summed E-state index contributed by atoms with van der Waals surface area (Å²) >= 11 is 6.48. The average Bonchev–Trinajstić information content (AvgIpc) is 2.48. The van der Waals surface area contributed by atoms with Gasteiger partial charge in [-0.05, 0) is 41.4 Å². The van der Waals surface area contributed by atoms with E-state index in [1.54, 1.807) is 0 Å². The molecule has 2 atom stereocenters. The SMILES string of the molecule is CCC1SCCSC1c1nc(CC(C)C)c(I)c(NC)n1. The van der Waals surface area contributed by atoms with E-state index in [0.717, 1.165) is 18.1 Å². The molecular weight excluding hydrogens is 413 g/mol. The van der Waals surface area contributed by atoms with Crippen LogP contribution in [0.1, 0.15) is 44.0 Å². The average molecular weight is 437 g/mol. The van der Waals surface area contributed by atoms with E-state index in [0.29, 0.717) is 16.4 Å². The normalized spacial score (nSPS) is 22.6. The summed E-state index contributed by atoms with van der Waals surface area (Å²) in [4.78, 5) is 9.77. The molecule has 1 aliphatic rings. The van der Waals surface area contributed by atoms with Crippen molar-refractivity contribution in [1.82, 2.24) is 9.97 Å². The smallest absolute Gasteiger partial charge is 0.145 e. The second-order valence-electron chi connectivity index (χ2n) is 5.65. The molecule has 6 heteroatoms. The van der Waals surface area contributed by atoms with Crippen molar-refractivity contribution in [3.8, 4) is 0 Å². The Hall–Kier alpha value is 0.310. The first-order valence-corrected chi connectivity index (χ1v) is 10.7. The maximum absolute atomic E-state index is 4.95. The number of aromatic nitrogens is 2. The molecule has 1 saturated heterocycles. The molecule has 0 aromatic carbocycles. The Kier molecular flexibility index (Phi) is 6.93. The maximum atomic E-state index is 4.95. The third-order valence-corrected chi connectivity index (χ3v) is 7.86. The van der Waals surface area contributed by atoms with Crippen molar-refractivity contribution in [1.29, 1.82) is 0 Å². The van der Waals surface area contributed by atoms with Gasteiger partial charge in [-0.25, -0.2) is 9.97 Å². The van der Waals surface area contributed by atoms with Gasteiger partial charge in [0, 0.05) is 23.8 Å². The lowest BCUT2D eigenvalue weighted by molar-refractivity contribution is 0.624. The number of halogens is 1. The highest BCUT2D eigenvalue weighted by molar-refractivity contribution is 14.1. The molecule has 2 heterocycles. The van der Waals surface area contributed by atoms with Gasteiger partial charge >= 0.3 is 0 Å². The molecule has 2 unspecified atom stereocenters. The second-order valence-corrected chi connectivity index (χ2v) is 9.32. The van der Waals surface area contributed by atoms with E-state index in [1.807, 2.05) is 18.8 Å². The van der Waals surface area contributed by atoms with Gasteiger partial charge in [0.25, 0.3) is 0 Å². The monoisotopic (exact) mass is 437 g/mol. The largest absolute Gasteiger partial charge is 0.372 e. The van der Waals surface area contributed by atoms with Gasteiger partial charge in [0.15, 0.2) is 0 Å². The summed E-state index contributed by atoms with van der Waals surface area (Å²) in [5, 5.41) is 4.32. The topological polar surface area (TPSA) is 37.8 Å². The Bertz CT molecular complexity index is 482. The lowest BCUT2D eigenvalue weighted by Gasteiger charge is -2.29. The molecule has 0 saturated carbocycles. The summed E-state index contributed by atoms with van der Waals surface area (Å²) < 4.78 is 1.18. The van der Waals surface area contributed by atoms with E-state index in [9.17, 15) is 0 Å². The van der Waals surface area contributed by atoms with Gasteiger partial charge in [-0.2, -0.15) is 11.8 Å². The van der Waals surface area contributed by atoms with E-state index in [2.05, 4.69) is 60.4 Å². The van der Waals surface area contributed by atoms with Gasteiger partial charge < -0.3 is 5.32 Å². The van der Waals surface area contributed by atoms with Crippen LogP contribution in [0.3, 0.4) is 0 Å². The van der Waals surface area contributed by atoms with E-state index >= 15 is 0 Å². The fraction of sp³-hybridized carbons (Fsp3) is 0.733. The number of hydrogen-bond donors (Lipinski definition) is 1. The number of nitrogens with one attached hydrogen (secondary N) is 1. The Balaban J connectivity index is 2.37. The molecule has 0 bridgehead atoms. The first-order chi connectivity index (χ1) is 10.1. The molecule has 0 spiro atoms. The van der Waals surface area contributed by atoms with E-state index < -0.39 is 0 Å². The van der Waals surface area contributed by atoms with Crippen molar-refractivity contribution in [3.05, 3.63) is 15.1 Å². The van der Waals surface area contributed by atoms with Crippen LogP contribution in [0.25, 0.3) is 0 Å². The zero-order valence-corrected chi connectivity index (χ0v) is 16.9. The highest BCUT2D eigenvalue weighted by Crippen LogP contribution is 2.43. The van der Waals surface area contributed by atoms with E-state index in [-0.39, 0.29) is 0 Å². The standard InChI is InChI=1S/C15H24IN3S2/c1-5-11-13(21-7-6-20-11)15-18-10(8-9(2)3)12(16)14(17-4)19-15/h9,11,13H,5-8H2,1-4H3,(H,17,18,19). The van der Waals surface area contributed by atoms with Gasteiger partial charge in [-0.3, -0.25) is 0 Å². The van der Waals surface area contributed by atoms with Gasteiger partial charge in [0.2, 0.25) is 0 Å². The lowest BCUT2D eigenvalue weighted by Crippen LogP contribution is -2.22. The molecule has 1 N–H and O–H groups in total. The third kappa shape index (κ3) is 4.41. The van der Waals surface area contributed by atoms with Crippen LogP contribution in [-0.2, 0) is 6.42 Å². The molecule has 1 fully saturated rings. The van der Waals surface area contributed by atoms with Crippen molar-refractivity contribution in [2.24, 2.45) is 5.92 Å². The first-order valence-electron chi connectivity index (χ1n) is 7.54. The van der Waals surface area contributed by atoms with Gasteiger partial charge in [-0.1, -0.05) is 20.8 Å². The molecule has 0 amide bonds. The Labute approximate surface area is 150 Å². The van der Waals surface area contributed by atoms with Crippen LogP contribution in [-0.4, -0.2) is 33.8 Å². The summed E-state index contributed by atoms with van der Waals surface area (Å²) in [6, 6.07) is 0. The first kappa shape index (κ1) is 17.7. The van der Waals surface area contributed by atoms with Crippen molar-refractivity contribution in [2.75, 3.05) is 23.9 Å². The molecule has 1 aromatic rings. The number of rotatable bonds is 5. The summed E-state index contributed by atoms with van der Waals surface area (Å²) in [5.74, 6) is 5.08. The van der Waals surface area contributed by atoms with Gasteiger partial charge in [0.05, 0.1) is 14.5 Å². The van der Waals surface area contributed by atoms with Crippen molar-refractivity contribution < 1.29 is 0 Å². The van der Waals surface area contributed by atoms with Crippen LogP contribution < -0.4 is 5.32 Å². The fourth-order valence-corrected chi connectivity index (χ4v) is 6.19. The summed E-state index contributed by atoms with van der Waals surface area (Å²) in [6.45, 7) is 6.77. The Morgan fingerprint density at radius 3 is 2.62 bits per heavy atom. The molecule has 0 aliphatic carbocycles. The molecule has 3 nitrogen and oxygen atoms in total. The molecule has 21 heavy (non-hydrogen) atoms. The highest BCUT2D eigenvalue weighted by Gasteiger charge is 2.30. The minimum atomic E-state index is 0.434. The number of hydrogen-bond acceptors (Lipinski definition) is 5.